The van der Waals surface area contributed by atoms with E-state index < -0.39 is 0 Å². The van der Waals surface area contributed by atoms with Crippen LogP contribution in [0.3, 0.4) is 0 Å². The molecule has 0 radical (unpaired) electrons. The average Bonchev–Trinajstić information content (AvgIpc) is 2.82. The molecule has 1 N–H and O–H groups in total. The van der Waals surface area contributed by atoms with Gasteiger partial charge in [-0.25, -0.2) is 0 Å². The largest absolute Gasteiger partial charge is 0.396 e. The molecule has 0 spiro atoms. The van der Waals surface area contributed by atoms with E-state index in [-0.39, 0.29) is 6.61 Å². The van der Waals surface area contributed by atoms with Crippen LogP contribution in [-0.2, 0) is 4.79 Å². The molecule has 2 aliphatic rings. The third kappa shape index (κ3) is 4.19. The van der Waals surface area contributed by atoms with Crippen molar-refractivity contribution in [3.63, 3.8) is 0 Å². The van der Waals surface area contributed by atoms with Crippen LogP contribution < -0.4 is 0 Å². The van der Waals surface area contributed by atoms with Crippen molar-refractivity contribution in [3.05, 3.63) is 0 Å². The summed E-state index contributed by atoms with van der Waals surface area (Å²) in [7, 11) is 0. The van der Waals surface area contributed by atoms with Crippen LogP contribution >= 0.6 is 0 Å². The summed E-state index contributed by atoms with van der Waals surface area (Å²) in [6, 6.07) is 0.505. The number of nitrogens with zero attached hydrogens (tertiary/aromatic N) is 2. The number of aliphatic hydroxyl groups is 1. The van der Waals surface area contributed by atoms with E-state index in [1.807, 2.05) is 0 Å². The number of hydrogen-bond acceptors (Lipinski definition) is 3. The van der Waals surface area contributed by atoms with Crippen LogP contribution in [0.2, 0.25) is 0 Å². The van der Waals surface area contributed by atoms with Crippen LogP contribution in [0.5, 0.6) is 0 Å². The normalized spacial score (nSPS) is 31.8. The number of hydrogen-bond donors (Lipinski definition) is 1. The van der Waals surface area contributed by atoms with Gasteiger partial charge in [-0.2, -0.15) is 0 Å². The maximum absolute atomic E-state index is 12.5. The lowest BCUT2D eigenvalue weighted by Gasteiger charge is -2.36. The van der Waals surface area contributed by atoms with E-state index in [9.17, 15) is 4.79 Å². The maximum atomic E-state index is 12.5. The Morgan fingerprint density at radius 2 is 1.95 bits per heavy atom. The summed E-state index contributed by atoms with van der Waals surface area (Å²) in [5.41, 5.74) is 0. The number of carbonyl (C=O) groups is 1. The minimum atomic E-state index is 0.263. The second-order valence-corrected chi connectivity index (χ2v) is 6.88. The van der Waals surface area contributed by atoms with Gasteiger partial charge in [0, 0.05) is 25.7 Å². The van der Waals surface area contributed by atoms with E-state index in [1.165, 1.54) is 19.3 Å². The van der Waals surface area contributed by atoms with Gasteiger partial charge in [0.1, 0.15) is 0 Å². The van der Waals surface area contributed by atoms with Crippen LogP contribution in [0.1, 0.15) is 46.0 Å². The van der Waals surface area contributed by atoms with Gasteiger partial charge in [0.2, 0.25) is 5.91 Å². The lowest BCUT2D eigenvalue weighted by molar-refractivity contribution is -0.135. The highest BCUT2D eigenvalue weighted by molar-refractivity contribution is 5.78. The van der Waals surface area contributed by atoms with Gasteiger partial charge in [0.25, 0.3) is 0 Å². The van der Waals surface area contributed by atoms with Crippen LogP contribution in [0, 0.1) is 11.8 Å². The van der Waals surface area contributed by atoms with Crippen molar-refractivity contribution in [1.29, 1.82) is 0 Å². The lowest BCUT2D eigenvalue weighted by Crippen LogP contribution is -2.47. The molecule has 1 amide bonds. The van der Waals surface area contributed by atoms with Crippen molar-refractivity contribution in [1.82, 2.24) is 9.80 Å². The SMILES string of the molecule is C[C@@H]1C[C@H](C)CN(C(=O)CN2CCC[C@H]2CCCO)C1. The topological polar surface area (TPSA) is 43.8 Å². The molecule has 4 heteroatoms. The van der Waals surface area contributed by atoms with E-state index in [4.69, 9.17) is 5.11 Å². The first-order valence-corrected chi connectivity index (χ1v) is 8.22. The smallest absolute Gasteiger partial charge is 0.236 e. The monoisotopic (exact) mass is 282 g/mol. The third-order valence-electron chi connectivity index (χ3n) is 4.75. The number of amides is 1. The van der Waals surface area contributed by atoms with Gasteiger partial charge in [-0.1, -0.05) is 13.8 Å². The van der Waals surface area contributed by atoms with E-state index in [0.29, 0.717) is 30.3 Å². The molecule has 2 heterocycles. The predicted octanol–water partition coefficient (Wildman–Crippen LogP) is 1.73. The Labute approximate surface area is 123 Å². The van der Waals surface area contributed by atoms with E-state index in [0.717, 1.165) is 32.5 Å². The molecule has 0 aromatic carbocycles. The quantitative estimate of drug-likeness (QED) is 0.835. The van der Waals surface area contributed by atoms with Gasteiger partial charge >= 0.3 is 0 Å². The molecule has 4 nitrogen and oxygen atoms in total. The second kappa shape index (κ2) is 7.41. The lowest BCUT2D eigenvalue weighted by atomic mass is 9.92. The number of rotatable bonds is 5. The first-order valence-electron chi connectivity index (χ1n) is 8.22. The van der Waals surface area contributed by atoms with Gasteiger partial charge < -0.3 is 10.0 Å². The molecule has 20 heavy (non-hydrogen) atoms. The summed E-state index contributed by atoms with van der Waals surface area (Å²) in [6.45, 7) is 8.23. The molecule has 116 valence electrons. The van der Waals surface area contributed by atoms with Crippen molar-refractivity contribution >= 4 is 5.91 Å². The fourth-order valence-corrected chi connectivity index (χ4v) is 3.90. The van der Waals surface area contributed by atoms with Crippen LogP contribution in [0.15, 0.2) is 0 Å². The van der Waals surface area contributed by atoms with Crippen LogP contribution in [0.4, 0.5) is 0 Å². The molecule has 3 atom stereocenters. The Bertz CT molecular complexity index is 312. The van der Waals surface area contributed by atoms with Gasteiger partial charge in [0.15, 0.2) is 0 Å². The molecule has 2 rings (SSSR count). The average molecular weight is 282 g/mol. The molecule has 0 saturated carbocycles. The van der Waals surface area contributed by atoms with E-state index >= 15 is 0 Å². The molecule has 2 saturated heterocycles. The summed E-state index contributed by atoms with van der Waals surface area (Å²) < 4.78 is 0. The Hall–Kier alpha value is -0.610. The number of carbonyl (C=O) groups excluding carboxylic acids is 1. The zero-order valence-electron chi connectivity index (χ0n) is 13.1. The van der Waals surface area contributed by atoms with Crippen LogP contribution in [0.25, 0.3) is 0 Å². The van der Waals surface area contributed by atoms with Crippen molar-refractivity contribution < 1.29 is 9.90 Å². The van der Waals surface area contributed by atoms with Gasteiger partial charge in [-0.3, -0.25) is 9.69 Å². The molecular weight excluding hydrogens is 252 g/mol. The summed E-state index contributed by atoms with van der Waals surface area (Å²) in [6.07, 6.45) is 5.49. The van der Waals surface area contributed by atoms with Gasteiger partial charge in [-0.15, -0.1) is 0 Å². The highest BCUT2D eigenvalue weighted by Crippen LogP contribution is 2.24. The van der Waals surface area contributed by atoms with Crippen molar-refractivity contribution in [2.75, 3.05) is 32.8 Å². The Balaban J connectivity index is 1.83. The number of aliphatic hydroxyl groups excluding tert-OH is 1. The minimum absolute atomic E-state index is 0.263. The number of likely N-dealkylation sites (tertiary alicyclic amines) is 2. The Morgan fingerprint density at radius 3 is 2.60 bits per heavy atom. The molecular formula is C16H30N2O2. The fourth-order valence-electron chi connectivity index (χ4n) is 3.90. The van der Waals surface area contributed by atoms with Crippen molar-refractivity contribution in [3.8, 4) is 0 Å². The van der Waals surface area contributed by atoms with E-state index in [1.54, 1.807) is 0 Å². The van der Waals surface area contributed by atoms with Gasteiger partial charge in [-0.05, 0) is 50.5 Å². The first kappa shape index (κ1) is 15.8. The van der Waals surface area contributed by atoms with Crippen LogP contribution in [-0.4, -0.2) is 59.6 Å². The van der Waals surface area contributed by atoms with Crippen molar-refractivity contribution in [2.24, 2.45) is 11.8 Å². The molecule has 0 aromatic rings. The molecule has 0 bridgehead atoms. The highest BCUT2D eigenvalue weighted by atomic mass is 16.3. The predicted molar refractivity (Wildman–Crippen MR) is 80.4 cm³/mol. The molecule has 2 fully saturated rings. The maximum Gasteiger partial charge on any atom is 0.236 e. The standard InChI is InChI=1S/C16H30N2O2/c1-13-9-14(2)11-18(10-13)16(20)12-17-7-3-5-15(17)6-4-8-19/h13-15,19H,3-12H2,1-2H3/t13-,14+,15-/m0/s1. The molecule has 0 aliphatic carbocycles. The summed E-state index contributed by atoms with van der Waals surface area (Å²) in [4.78, 5) is 16.9. The molecule has 0 unspecified atom stereocenters. The highest BCUT2D eigenvalue weighted by Gasteiger charge is 2.30. The minimum Gasteiger partial charge on any atom is -0.396 e. The zero-order chi connectivity index (χ0) is 14.5. The molecule has 2 aliphatic heterocycles. The fraction of sp³-hybridized carbons (Fsp3) is 0.938. The third-order valence-corrected chi connectivity index (χ3v) is 4.75. The van der Waals surface area contributed by atoms with E-state index in [2.05, 4.69) is 23.6 Å². The summed E-state index contributed by atoms with van der Waals surface area (Å²) in [5, 5.41) is 8.96. The second-order valence-electron chi connectivity index (χ2n) is 6.88. The Kier molecular flexibility index (Phi) is 5.85. The first-order chi connectivity index (χ1) is 9.60. The number of piperidine rings is 1. The molecule has 0 aromatic heterocycles. The zero-order valence-corrected chi connectivity index (χ0v) is 13.1. The van der Waals surface area contributed by atoms with Crippen molar-refractivity contribution in [2.45, 2.75) is 52.0 Å². The van der Waals surface area contributed by atoms with Gasteiger partial charge in [0.05, 0.1) is 6.54 Å². The summed E-state index contributed by atoms with van der Waals surface area (Å²) in [5.74, 6) is 1.57. The summed E-state index contributed by atoms with van der Waals surface area (Å²) >= 11 is 0. The Morgan fingerprint density at radius 1 is 1.25 bits per heavy atom.